The molecule has 0 N–H and O–H groups in total. The summed E-state index contributed by atoms with van der Waals surface area (Å²) in [6.45, 7) is 4.37. The number of hydrogen-bond acceptors (Lipinski definition) is 4. The van der Waals surface area contributed by atoms with E-state index >= 15 is 0 Å². The van der Waals surface area contributed by atoms with Gasteiger partial charge in [0.05, 0.1) is 11.3 Å². The molecule has 3 atom stereocenters. The van der Waals surface area contributed by atoms with Gasteiger partial charge in [-0.25, -0.2) is 9.97 Å². The topological polar surface area (TPSA) is 32.3 Å². The molecule has 2 aliphatic heterocycles. The fourth-order valence-corrected chi connectivity index (χ4v) is 5.61. The summed E-state index contributed by atoms with van der Waals surface area (Å²) in [4.78, 5) is 12.9. The van der Waals surface area contributed by atoms with E-state index < -0.39 is 11.7 Å². The van der Waals surface area contributed by atoms with E-state index in [4.69, 9.17) is 0 Å². The first-order valence-electron chi connectivity index (χ1n) is 9.93. The van der Waals surface area contributed by atoms with Crippen LogP contribution < -0.4 is 9.80 Å². The number of anilines is 4. The maximum absolute atomic E-state index is 13.9. The molecule has 0 bridgehead atoms. The van der Waals surface area contributed by atoms with Crippen LogP contribution in [0.3, 0.4) is 0 Å². The summed E-state index contributed by atoms with van der Waals surface area (Å²) < 4.78 is 41.8. The molecule has 1 saturated carbocycles. The molecule has 3 heterocycles. The lowest BCUT2D eigenvalue weighted by atomic mass is 9.81. The van der Waals surface area contributed by atoms with Crippen molar-refractivity contribution in [3.63, 3.8) is 0 Å². The molecule has 4 nitrogen and oxygen atoms in total. The van der Waals surface area contributed by atoms with Gasteiger partial charge in [0.1, 0.15) is 6.17 Å². The number of rotatable bonds is 1. The molecule has 0 amide bonds. The second-order valence-corrected chi connectivity index (χ2v) is 8.78. The molecule has 152 valence electrons. The van der Waals surface area contributed by atoms with Gasteiger partial charge in [-0.2, -0.15) is 13.2 Å². The summed E-state index contributed by atoms with van der Waals surface area (Å²) >= 11 is 0. The summed E-state index contributed by atoms with van der Waals surface area (Å²) in [5.41, 5.74) is 1.31. The van der Waals surface area contributed by atoms with Gasteiger partial charge in [-0.15, -0.1) is 0 Å². The molecule has 0 spiro atoms. The molecule has 3 unspecified atom stereocenters. The number of para-hydroxylation sites is 2. The molecule has 0 radical (unpaired) electrons. The van der Waals surface area contributed by atoms with E-state index in [0.29, 0.717) is 11.6 Å². The highest BCUT2D eigenvalue weighted by Crippen LogP contribution is 2.74. The van der Waals surface area contributed by atoms with Gasteiger partial charge >= 0.3 is 6.18 Å². The van der Waals surface area contributed by atoms with Crippen LogP contribution in [0.1, 0.15) is 31.4 Å². The van der Waals surface area contributed by atoms with Gasteiger partial charge in [-0.3, -0.25) is 0 Å². The molecule has 30 heavy (non-hydrogen) atoms. The predicted octanol–water partition coefficient (Wildman–Crippen LogP) is 5.79. The van der Waals surface area contributed by atoms with E-state index in [2.05, 4.69) is 34.8 Å². The standard InChI is InChI=1S/C23H19F3N4/c1-21-13-22(21,2)20-29(16-9-5-3-7-14(16)21)18-19(28-12-11-27-18)30(20)17-10-6-4-8-15(17)23(24,25)26/h3-12,20H,13H2,1-2H3. The largest absolute Gasteiger partial charge is 0.418 e. The van der Waals surface area contributed by atoms with Crippen molar-refractivity contribution in [2.45, 2.75) is 38.0 Å². The van der Waals surface area contributed by atoms with Gasteiger partial charge in [0, 0.05) is 28.9 Å². The zero-order valence-electron chi connectivity index (χ0n) is 16.5. The number of alkyl halides is 3. The summed E-state index contributed by atoms with van der Waals surface area (Å²) in [6.07, 6.45) is -0.774. The maximum atomic E-state index is 13.9. The maximum Gasteiger partial charge on any atom is 0.418 e. The Balaban J connectivity index is 1.65. The van der Waals surface area contributed by atoms with Crippen LogP contribution >= 0.6 is 0 Å². The fraction of sp³-hybridized carbons (Fsp3) is 0.304. The molecule has 1 aliphatic carbocycles. The van der Waals surface area contributed by atoms with Crippen molar-refractivity contribution in [3.8, 4) is 0 Å². The zero-order chi connectivity index (χ0) is 20.9. The Kier molecular flexibility index (Phi) is 3.15. The lowest BCUT2D eigenvalue weighted by molar-refractivity contribution is -0.137. The third-order valence-corrected chi connectivity index (χ3v) is 7.26. The minimum Gasteiger partial charge on any atom is -0.301 e. The highest BCUT2D eigenvalue weighted by Gasteiger charge is 2.73. The van der Waals surface area contributed by atoms with E-state index in [1.54, 1.807) is 23.4 Å². The van der Waals surface area contributed by atoms with Gasteiger partial charge in [0.15, 0.2) is 11.6 Å². The monoisotopic (exact) mass is 408 g/mol. The quantitative estimate of drug-likeness (QED) is 0.510. The molecule has 1 fully saturated rings. The van der Waals surface area contributed by atoms with Crippen LogP contribution in [0.25, 0.3) is 0 Å². The van der Waals surface area contributed by atoms with Crippen molar-refractivity contribution in [2.75, 3.05) is 9.80 Å². The van der Waals surface area contributed by atoms with Crippen molar-refractivity contribution >= 4 is 23.0 Å². The molecule has 1 aromatic heterocycles. The number of benzene rings is 2. The molecule has 3 aromatic rings. The van der Waals surface area contributed by atoms with Crippen molar-refractivity contribution in [3.05, 3.63) is 72.1 Å². The summed E-state index contributed by atoms with van der Waals surface area (Å²) in [6, 6.07) is 13.9. The molecular formula is C23H19F3N4. The van der Waals surface area contributed by atoms with Gasteiger partial charge in [-0.1, -0.05) is 44.2 Å². The second-order valence-electron chi connectivity index (χ2n) is 8.78. The lowest BCUT2D eigenvalue weighted by Crippen LogP contribution is -2.50. The SMILES string of the molecule is CC12CC1(C)C1N(c3ccccc3C(F)(F)F)c3nccnc3N1c1ccccc12. The van der Waals surface area contributed by atoms with Crippen LogP contribution in [0, 0.1) is 5.41 Å². The number of nitrogens with zero attached hydrogens (tertiary/aromatic N) is 4. The first kappa shape index (κ1) is 17.7. The summed E-state index contributed by atoms with van der Waals surface area (Å²) in [5, 5.41) is 0. The van der Waals surface area contributed by atoms with E-state index in [0.717, 1.165) is 18.2 Å². The van der Waals surface area contributed by atoms with Gasteiger partial charge in [0.25, 0.3) is 0 Å². The smallest absolute Gasteiger partial charge is 0.301 e. The van der Waals surface area contributed by atoms with Crippen LogP contribution in [-0.4, -0.2) is 16.1 Å². The third kappa shape index (κ3) is 1.98. The van der Waals surface area contributed by atoms with E-state index in [1.165, 1.54) is 17.7 Å². The Morgan fingerprint density at radius 1 is 0.867 bits per heavy atom. The van der Waals surface area contributed by atoms with E-state index in [9.17, 15) is 13.2 Å². The Morgan fingerprint density at radius 2 is 1.43 bits per heavy atom. The normalized spacial score (nSPS) is 28.5. The van der Waals surface area contributed by atoms with Gasteiger partial charge in [0.2, 0.25) is 0 Å². The van der Waals surface area contributed by atoms with Crippen LogP contribution in [0.2, 0.25) is 0 Å². The summed E-state index contributed by atoms with van der Waals surface area (Å²) in [5.74, 6) is 1.06. The Labute approximate surface area is 172 Å². The number of hydrogen-bond donors (Lipinski definition) is 0. The highest BCUT2D eigenvalue weighted by atomic mass is 19.4. The summed E-state index contributed by atoms with van der Waals surface area (Å²) in [7, 11) is 0. The Morgan fingerprint density at radius 3 is 2.10 bits per heavy atom. The number of aromatic nitrogens is 2. The van der Waals surface area contributed by atoms with Crippen molar-refractivity contribution in [1.29, 1.82) is 0 Å². The Hall–Kier alpha value is -3.09. The number of fused-ring (bicyclic) bond motifs is 8. The average Bonchev–Trinajstić information content (AvgIpc) is 3.15. The van der Waals surface area contributed by atoms with E-state index in [1.807, 2.05) is 18.2 Å². The van der Waals surface area contributed by atoms with Crippen molar-refractivity contribution < 1.29 is 13.2 Å². The average molecular weight is 408 g/mol. The molecule has 0 saturated heterocycles. The lowest BCUT2D eigenvalue weighted by Gasteiger charge is -2.44. The first-order chi connectivity index (χ1) is 14.3. The predicted molar refractivity (Wildman–Crippen MR) is 108 cm³/mol. The zero-order valence-corrected chi connectivity index (χ0v) is 16.5. The third-order valence-electron chi connectivity index (χ3n) is 7.26. The van der Waals surface area contributed by atoms with Crippen molar-refractivity contribution in [1.82, 2.24) is 9.97 Å². The van der Waals surface area contributed by atoms with Crippen LogP contribution in [0.4, 0.5) is 36.2 Å². The fourth-order valence-electron chi connectivity index (χ4n) is 5.61. The van der Waals surface area contributed by atoms with Gasteiger partial charge in [-0.05, 0) is 30.2 Å². The second kappa shape index (κ2) is 5.33. The molecule has 6 rings (SSSR count). The number of halogens is 3. The van der Waals surface area contributed by atoms with Crippen LogP contribution in [0.5, 0.6) is 0 Å². The molecule has 2 aromatic carbocycles. The molecular weight excluding hydrogens is 389 g/mol. The van der Waals surface area contributed by atoms with Gasteiger partial charge < -0.3 is 9.80 Å². The minimum absolute atomic E-state index is 0.113. The highest BCUT2D eigenvalue weighted by molar-refractivity contribution is 5.88. The molecule has 7 heteroatoms. The molecule has 3 aliphatic rings. The van der Waals surface area contributed by atoms with E-state index in [-0.39, 0.29) is 22.7 Å². The van der Waals surface area contributed by atoms with Crippen LogP contribution in [-0.2, 0) is 11.6 Å². The minimum atomic E-state index is -4.47. The first-order valence-corrected chi connectivity index (χ1v) is 9.93. The van der Waals surface area contributed by atoms with Crippen molar-refractivity contribution in [2.24, 2.45) is 5.41 Å². The Bertz CT molecular complexity index is 1190. The van der Waals surface area contributed by atoms with Crippen LogP contribution in [0.15, 0.2) is 60.9 Å².